The Hall–Kier alpha value is -2.02. The third-order valence-electron chi connectivity index (χ3n) is 2.44. The van der Waals surface area contributed by atoms with Crippen LogP contribution in [0.1, 0.15) is 22.9 Å². The van der Waals surface area contributed by atoms with Gasteiger partial charge in [-0.05, 0) is 11.8 Å². The minimum Gasteiger partial charge on any atom is -0.506 e. The monoisotopic (exact) mass is 266 g/mol. The van der Waals surface area contributed by atoms with Crippen LogP contribution in [-0.2, 0) is 9.59 Å². The van der Waals surface area contributed by atoms with Crippen molar-refractivity contribution in [2.24, 2.45) is 0 Å². The van der Waals surface area contributed by atoms with Gasteiger partial charge in [-0.1, -0.05) is 6.08 Å². The number of aliphatic hydroxyl groups is 1. The number of hydrogen-bond acceptors (Lipinski definition) is 5. The lowest BCUT2D eigenvalue weighted by Crippen LogP contribution is -2.10. The summed E-state index contributed by atoms with van der Waals surface area (Å²) < 4.78 is 0. The van der Waals surface area contributed by atoms with Crippen LogP contribution >= 0.6 is 11.8 Å². The second kappa shape index (κ2) is 5.09. The van der Waals surface area contributed by atoms with E-state index in [4.69, 9.17) is 5.11 Å². The van der Waals surface area contributed by atoms with E-state index in [1.807, 2.05) is 11.5 Å². The van der Waals surface area contributed by atoms with Crippen LogP contribution in [0.2, 0.25) is 0 Å². The first-order valence-corrected chi connectivity index (χ1v) is 6.06. The highest BCUT2D eigenvalue weighted by Gasteiger charge is 2.21. The van der Waals surface area contributed by atoms with Gasteiger partial charge in [0, 0.05) is 16.9 Å². The second-order valence-electron chi connectivity index (χ2n) is 3.63. The van der Waals surface area contributed by atoms with E-state index in [1.165, 1.54) is 0 Å². The average Bonchev–Trinajstić information content (AvgIpc) is 2.99. The van der Waals surface area contributed by atoms with E-state index < -0.39 is 17.5 Å². The van der Waals surface area contributed by atoms with E-state index in [0.29, 0.717) is 6.08 Å². The first-order valence-electron chi connectivity index (χ1n) is 5.11. The Bertz CT molecular complexity index is 539. The number of aliphatic hydroxyl groups excluding tert-OH is 1. The summed E-state index contributed by atoms with van der Waals surface area (Å²) in [6.45, 7) is 0. The lowest BCUT2D eigenvalue weighted by Gasteiger charge is -2.08. The molecular formula is C11H10N2O4S. The number of thioether (sulfide) groups is 1. The molecule has 0 saturated heterocycles. The average molecular weight is 266 g/mol. The number of H-pyrrole nitrogens is 1. The fourth-order valence-electron chi connectivity index (χ4n) is 1.59. The molecule has 0 spiro atoms. The number of carbonyl (C=O) groups is 2. The Kier molecular flexibility index (Phi) is 3.52. The van der Waals surface area contributed by atoms with Crippen LogP contribution in [0.5, 0.6) is 0 Å². The topological polar surface area (TPSA) is 103 Å². The number of carbonyl (C=O) groups excluding carboxylic acids is 1. The maximum absolute atomic E-state index is 11.0. The summed E-state index contributed by atoms with van der Waals surface area (Å²) in [6, 6.07) is 0. The molecule has 18 heavy (non-hydrogen) atoms. The molecule has 2 rings (SSSR count). The summed E-state index contributed by atoms with van der Waals surface area (Å²) in [5.74, 6) is -3.20. The molecule has 1 aromatic heterocycles. The number of carboxylic acids is 1. The summed E-state index contributed by atoms with van der Waals surface area (Å²) in [7, 11) is 0. The van der Waals surface area contributed by atoms with E-state index in [-0.39, 0.29) is 10.9 Å². The standard InChI is InChI=1S/C11H10N2O4S/c14-7(4-8(15)11(16)17)10-6(5-12-13-10)9-2-1-3-18-9/h1,3-5,9,14H,2H2,(H,12,13)(H,16,17). The van der Waals surface area contributed by atoms with Crippen molar-refractivity contribution in [3.05, 3.63) is 35.0 Å². The number of rotatable bonds is 4. The minimum atomic E-state index is -1.61. The van der Waals surface area contributed by atoms with Gasteiger partial charge in [0.15, 0.2) is 0 Å². The Morgan fingerprint density at radius 2 is 2.28 bits per heavy atom. The van der Waals surface area contributed by atoms with Crippen LogP contribution in [0.25, 0.3) is 5.76 Å². The van der Waals surface area contributed by atoms with Crippen molar-refractivity contribution in [1.82, 2.24) is 10.2 Å². The van der Waals surface area contributed by atoms with Crippen molar-refractivity contribution in [2.75, 3.05) is 0 Å². The Labute approximate surface area is 106 Å². The zero-order valence-electron chi connectivity index (χ0n) is 9.16. The molecular weight excluding hydrogens is 256 g/mol. The molecule has 1 aliphatic heterocycles. The van der Waals surface area contributed by atoms with Gasteiger partial charge in [-0.3, -0.25) is 9.89 Å². The van der Waals surface area contributed by atoms with Gasteiger partial charge in [-0.2, -0.15) is 5.10 Å². The summed E-state index contributed by atoms with van der Waals surface area (Å²) in [5, 5.41) is 26.7. The smallest absolute Gasteiger partial charge is 0.376 e. The molecule has 0 bridgehead atoms. The molecule has 0 saturated carbocycles. The molecule has 6 nitrogen and oxygen atoms in total. The Balaban J connectivity index is 2.26. The van der Waals surface area contributed by atoms with Gasteiger partial charge >= 0.3 is 5.97 Å². The molecule has 7 heteroatoms. The third kappa shape index (κ3) is 2.45. The molecule has 94 valence electrons. The molecule has 1 atom stereocenters. The summed E-state index contributed by atoms with van der Waals surface area (Å²) >= 11 is 1.58. The van der Waals surface area contributed by atoms with E-state index >= 15 is 0 Å². The number of carboxylic acid groups (broad SMARTS) is 1. The minimum absolute atomic E-state index is 0.120. The fourth-order valence-corrected chi connectivity index (χ4v) is 2.55. The molecule has 1 aliphatic rings. The quantitative estimate of drug-likeness (QED) is 0.435. The summed E-state index contributed by atoms with van der Waals surface area (Å²) in [4.78, 5) is 21.4. The highest BCUT2D eigenvalue weighted by atomic mass is 32.2. The number of allylic oxidation sites excluding steroid dienone is 1. The molecule has 0 aliphatic carbocycles. The first-order chi connectivity index (χ1) is 8.59. The highest BCUT2D eigenvalue weighted by molar-refractivity contribution is 8.02. The summed E-state index contributed by atoms with van der Waals surface area (Å²) in [5.41, 5.74) is 1.03. The van der Waals surface area contributed by atoms with Crippen molar-refractivity contribution in [3.63, 3.8) is 0 Å². The molecule has 0 aromatic carbocycles. The van der Waals surface area contributed by atoms with Crippen LogP contribution < -0.4 is 0 Å². The highest BCUT2D eigenvalue weighted by Crippen LogP contribution is 2.40. The molecule has 1 unspecified atom stereocenters. The number of ketones is 1. The van der Waals surface area contributed by atoms with Gasteiger partial charge in [-0.25, -0.2) is 4.79 Å². The van der Waals surface area contributed by atoms with Gasteiger partial charge in [-0.15, -0.1) is 11.8 Å². The van der Waals surface area contributed by atoms with Crippen LogP contribution in [0.3, 0.4) is 0 Å². The maximum atomic E-state index is 11.0. The van der Waals surface area contributed by atoms with Crippen molar-refractivity contribution in [3.8, 4) is 0 Å². The Morgan fingerprint density at radius 3 is 2.89 bits per heavy atom. The van der Waals surface area contributed by atoms with Gasteiger partial charge < -0.3 is 10.2 Å². The largest absolute Gasteiger partial charge is 0.506 e. The molecule has 2 heterocycles. The molecule has 3 N–H and O–H groups in total. The predicted octanol–water partition coefficient (Wildman–Crippen LogP) is 1.65. The van der Waals surface area contributed by atoms with Gasteiger partial charge in [0.1, 0.15) is 11.5 Å². The SMILES string of the molecule is O=C(O)C(=O)C=C(O)c1[nH]ncc1C1CC=CS1. The number of hydrogen-bond donors (Lipinski definition) is 3. The molecule has 1 aromatic rings. The lowest BCUT2D eigenvalue weighted by atomic mass is 10.1. The molecule has 0 radical (unpaired) electrons. The first kappa shape index (κ1) is 12.4. The normalized spacial score (nSPS) is 19.1. The van der Waals surface area contributed by atoms with Gasteiger partial charge in [0.25, 0.3) is 5.78 Å². The number of aliphatic carboxylic acids is 1. The zero-order chi connectivity index (χ0) is 13.1. The molecule has 0 amide bonds. The van der Waals surface area contributed by atoms with E-state index in [0.717, 1.165) is 12.0 Å². The summed E-state index contributed by atoms with van der Waals surface area (Å²) in [6.07, 6.45) is 5.04. The van der Waals surface area contributed by atoms with E-state index in [2.05, 4.69) is 10.2 Å². The maximum Gasteiger partial charge on any atom is 0.376 e. The van der Waals surface area contributed by atoms with E-state index in [1.54, 1.807) is 18.0 Å². The van der Waals surface area contributed by atoms with Crippen molar-refractivity contribution in [2.45, 2.75) is 11.7 Å². The molecule has 0 fully saturated rings. The Morgan fingerprint density at radius 1 is 1.50 bits per heavy atom. The van der Waals surface area contributed by atoms with Crippen molar-refractivity contribution < 1.29 is 19.8 Å². The van der Waals surface area contributed by atoms with Gasteiger partial charge in [0.2, 0.25) is 0 Å². The zero-order valence-corrected chi connectivity index (χ0v) is 9.98. The predicted molar refractivity (Wildman–Crippen MR) is 65.9 cm³/mol. The third-order valence-corrected chi connectivity index (χ3v) is 3.56. The number of aromatic amines is 1. The van der Waals surface area contributed by atoms with Crippen LogP contribution in [-0.4, -0.2) is 32.2 Å². The van der Waals surface area contributed by atoms with Crippen LogP contribution in [0.4, 0.5) is 0 Å². The second-order valence-corrected chi connectivity index (χ2v) is 4.74. The number of nitrogens with one attached hydrogen (secondary N) is 1. The van der Waals surface area contributed by atoms with E-state index in [9.17, 15) is 14.7 Å². The van der Waals surface area contributed by atoms with Crippen molar-refractivity contribution >= 4 is 29.3 Å². The van der Waals surface area contributed by atoms with Gasteiger partial charge in [0.05, 0.1) is 6.20 Å². The lowest BCUT2D eigenvalue weighted by molar-refractivity contribution is -0.146. The van der Waals surface area contributed by atoms with Crippen molar-refractivity contribution in [1.29, 1.82) is 0 Å². The fraction of sp³-hybridized carbons (Fsp3) is 0.182. The van der Waals surface area contributed by atoms with Crippen LogP contribution in [0, 0.1) is 0 Å². The van der Waals surface area contributed by atoms with Crippen LogP contribution in [0.15, 0.2) is 23.8 Å². The number of nitrogens with zero attached hydrogens (tertiary/aromatic N) is 1. The number of aromatic nitrogens is 2.